The fourth-order valence-electron chi connectivity index (χ4n) is 0.796. The molecular formula is C8H11N3O2S. The van der Waals surface area contributed by atoms with Crippen LogP contribution < -0.4 is 5.32 Å². The number of hydrogen-bond acceptors (Lipinski definition) is 5. The van der Waals surface area contributed by atoms with Crippen molar-refractivity contribution < 1.29 is 9.90 Å². The molecule has 14 heavy (non-hydrogen) atoms. The number of carbonyl (C=O) groups is 1. The lowest BCUT2D eigenvalue weighted by molar-refractivity contribution is 0.0957. The van der Waals surface area contributed by atoms with Crippen LogP contribution in [0.3, 0.4) is 0 Å². The third kappa shape index (κ3) is 2.97. The average Bonchev–Trinajstić information content (AvgIpc) is 2.26. The van der Waals surface area contributed by atoms with Crippen LogP contribution in [-0.4, -0.2) is 40.6 Å². The molecule has 1 amide bonds. The van der Waals surface area contributed by atoms with Crippen molar-refractivity contribution in [1.82, 2.24) is 15.5 Å². The lowest BCUT2D eigenvalue weighted by Crippen LogP contribution is -2.19. The Morgan fingerprint density at radius 3 is 2.86 bits per heavy atom. The van der Waals surface area contributed by atoms with Crippen LogP contribution in [0, 0.1) is 0 Å². The second-order valence-electron chi connectivity index (χ2n) is 2.41. The van der Waals surface area contributed by atoms with E-state index in [1.54, 1.807) is 19.2 Å². The smallest absolute Gasteiger partial charge is 0.271 e. The number of aromatic nitrogens is 2. The molecule has 0 spiro atoms. The molecule has 6 heteroatoms. The maximum Gasteiger partial charge on any atom is 0.271 e. The number of aliphatic hydroxyl groups excluding tert-OH is 1. The Bertz CT molecular complexity index is 302. The second-order valence-corrected chi connectivity index (χ2v) is 3.52. The molecule has 0 saturated heterocycles. The molecule has 0 saturated carbocycles. The van der Waals surface area contributed by atoms with Crippen LogP contribution in [0.4, 0.5) is 0 Å². The molecule has 0 aliphatic carbocycles. The summed E-state index contributed by atoms with van der Waals surface area (Å²) in [6, 6.07) is 3.31. The predicted molar refractivity (Wildman–Crippen MR) is 53.2 cm³/mol. The number of carbonyl (C=O) groups excluding carboxylic acids is 1. The lowest BCUT2D eigenvalue weighted by atomic mass is 10.4. The van der Waals surface area contributed by atoms with Gasteiger partial charge >= 0.3 is 0 Å². The highest BCUT2D eigenvalue weighted by molar-refractivity contribution is 7.99. The summed E-state index contributed by atoms with van der Waals surface area (Å²) in [6.45, 7) is 0.101. The molecule has 0 bridgehead atoms. The van der Waals surface area contributed by atoms with Gasteiger partial charge in [-0.1, -0.05) is 0 Å². The minimum absolute atomic E-state index is 0.101. The molecule has 1 aromatic heterocycles. The number of nitrogens with zero attached hydrogens (tertiary/aromatic N) is 2. The van der Waals surface area contributed by atoms with E-state index in [9.17, 15) is 4.79 Å². The fraction of sp³-hybridized carbons (Fsp3) is 0.375. The summed E-state index contributed by atoms with van der Waals surface area (Å²) in [5.41, 5.74) is 0.292. The molecule has 76 valence electrons. The molecule has 1 aromatic rings. The first-order valence-corrected chi connectivity index (χ1v) is 5.06. The van der Waals surface area contributed by atoms with Gasteiger partial charge in [0.1, 0.15) is 5.03 Å². The summed E-state index contributed by atoms with van der Waals surface area (Å²) in [5.74, 6) is 0.324. The molecule has 1 heterocycles. The molecular weight excluding hydrogens is 202 g/mol. The van der Waals surface area contributed by atoms with Crippen LogP contribution in [-0.2, 0) is 0 Å². The van der Waals surface area contributed by atoms with Gasteiger partial charge in [-0.05, 0) is 12.1 Å². The number of aliphatic hydroxyl groups is 1. The van der Waals surface area contributed by atoms with Crippen molar-refractivity contribution >= 4 is 17.7 Å². The monoisotopic (exact) mass is 213 g/mol. The van der Waals surface area contributed by atoms with E-state index in [2.05, 4.69) is 15.5 Å². The quantitative estimate of drug-likeness (QED) is 0.684. The van der Waals surface area contributed by atoms with Crippen molar-refractivity contribution in [2.75, 3.05) is 19.4 Å². The molecule has 0 fully saturated rings. The Morgan fingerprint density at radius 2 is 2.36 bits per heavy atom. The van der Waals surface area contributed by atoms with E-state index in [1.807, 2.05) is 0 Å². The average molecular weight is 213 g/mol. The van der Waals surface area contributed by atoms with Gasteiger partial charge in [0.2, 0.25) is 0 Å². The zero-order valence-corrected chi connectivity index (χ0v) is 8.54. The van der Waals surface area contributed by atoms with Crippen molar-refractivity contribution in [3.05, 3.63) is 17.8 Å². The molecule has 5 nitrogen and oxygen atoms in total. The maximum atomic E-state index is 11.1. The Morgan fingerprint density at radius 1 is 1.57 bits per heavy atom. The van der Waals surface area contributed by atoms with Gasteiger partial charge in [-0.2, -0.15) is 0 Å². The number of amides is 1. The van der Waals surface area contributed by atoms with Crippen LogP contribution in [0.15, 0.2) is 17.2 Å². The van der Waals surface area contributed by atoms with Gasteiger partial charge in [0.25, 0.3) is 5.91 Å². The molecule has 0 atom stereocenters. The van der Waals surface area contributed by atoms with Crippen molar-refractivity contribution in [2.45, 2.75) is 5.03 Å². The number of nitrogens with one attached hydrogen (secondary N) is 1. The summed E-state index contributed by atoms with van der Waals surface area (Å²) in [5, 5.41) is 19.3. The first-order valence-electron chi connectivity index (χ1n) is 4.07. The number of hydrogen-bond donors (Lipinski definition) is 2. The van der Waals surface area contributed by atoms with E-state index < -0.39 is 0 Å². The summed E-state index contributed by atoms with van der Waals surface area (Å²) >= 11 is 1.39. The normalized spacial score (nSPS) is 9.86. The summed E-state index contributed by atoms with van der Waals surface area (Å²) in [7, 11) is 1.54. The van der Waals surface area contributed by atoms with Gasteiger partial charge < -0.3 is 10.4 Å². The van der Waals surface area contributed by atoms with Crippen LogP contribution in [0.5, 0.6) is 0 Å². The molecule has 0 unspecified atom stereocenters. The molecule has 2 N–H and O–H groups in total. The van der Waals surface area contributed by atoms with E-state index >= 15 is 0 Å². The van der Waals surface area contributed by atoms with Gasteiger partial charge in [-0.15, -0.1) is 22.0 Å². The number of thioether (sulfide) groups is 1. The van der Waals surface area contributed by atoms with E-state index in [4.69, 9.17) is 5.11 Å². The second kappa shape index (κ2) is 5.56. The standard InChI is InChI=1S/C8H11N3O2S/c1-9-8(13)6-2-3-7(11-10-6)14-5-4-12/h2-3,12H,4-5H2,1H3,(H,9,13). The maximum absolute atomic E-state index is 11.1. The zero-order valence-electron chi connectivity index (χ0n) is 7.73. The summed E-state index contributed by atoms with van der Waals surface area (Å²) < 4.78 is 0. The minimum atomic E-state index is -0.254. The highest BCUT2D eigenvalue weighted by Gasteiger charge is 2.05. The van der Waals surface area contributed by atoms with E-state index in [-0.39, 0.29) is 12.5 Å². The van der Waals surface area contributed by atoms with Gasteiger partial charge in [-0.25, -0.2) is 0 Å². The van der Waals surface area contributed by atoms with Gasteiger partial charge in [0.05, 0.1) is 6.61 Å². The van der Waals surface area contributed by atoms with Crippen LogP contribution in [0.2, 0.25) is 0 Å². The highest BCUT2D eigenvalue weighted by Crippen LogP contribution is 2.12. The first-order chi connectivity index (χ1) is 6.77. The summed E-state index contributed by atoms with van der Waals surface area (Å²) in [6.07, 6.45) is 0. The highest BCUT2D eigenvalue weighted by atomic mass is 32.2. The predicted octanol–water partition coefficient (Wildman–Crippen LogP) is -0.0794. The SMILES string of the molecule is CNC(=O)c1ccc(SCCO)nn1. The van der Waals surface area contributed by atoms with Crippen molar-refractivity contribution in [2.24, 2.45) is 0 Å². The van der Waals surface area contributed by atoms with Crippen molar-refractivity contribution in [3.63, 3.8) is 0 Å². The van der Waals surface area contributed by atoms with Crippen LogP contribution in [0.1, 0.15) is 10.5 Å². The fourth-order valence-corrected chi connectivity index (χ4v) is 1.36. The minimum Gasteiger partial charge on any atom is -0.396 e. The largest absolute Gasteiger partial charge is 0.396 e. The molecule has 0 aliphatic rings. The third-order valence-electron chi connectivity index (χ3n) is 1.44. The van der Waals surface area contributed by atoms with Crippen molar-refractivity contribution in [3.8, 4) is 0 Å². The van der Waals surface area contributed by atoms with Gasteiger partial charge in [0, 0.05) is 12.8 Å². The van der Waals surface area contributed by atoms with Crippen LogP contribution >= 0.6 is 11.8 Å². The zero-order chi connectivity index (χ0) is 10.4. The van der Waals surface area contributed by atoms with Crippen LogP contribution in [0.25, 0.3) is 0 Å². The Hall–Kier alpha value is -1.14. The Kier molecular flexibility index (Phi) is 4.34. The third-order valence-corrected chi connectivity index (χ3v) is 2.34. The molecule has 0 aromatic carbocycles. The molecule has 0 aliphatic heterocycles. The van der Waals surface area contributed by atoms with E-state index in [0.717, 1.165) is 0 Å². The Labute approximate surface area is 85.9 Å². The van der Waals surface area contributed by atoms with E-state index in [0.29, 0.717) is 16.5 Å². The number of rotatable bonds is 4. The summed E-state index contributed by atoms with van der Waals surface area (Å²) in [4.78, 5) is 11.1. The van der Waals surface area contributed by atoms with E-state index in [1.165, 1.54) is 11.8 Å². The van der Waals surface area contributed by atoms with Crippen molar-refractivity contribution in [1.29, 1.82) is 0 Å². The molecule has 0 radical (unpaired) electrons. The topological polar surface area (TPSA) is 75.1 Å². The van der Waals surface area contributed by atoms with Gasteiger partial charge in [0.15, 0.2) is 5.69 Å². The van der Waals surface area contributed by atoms with Gasteiger partial charge in [-0.3, -0.25) is 4.79 Å². The molecule has 1 rings (SSSR count). The Balaban J connectivity index is 2.63. The lowest BCUT2D eigenvalue weighted by Gasteiger charge is -1.99. The first kappa shape index (κ1) is 10.9.